The maximum atomic E-state index is 11.7. The van der Waals surface area contributed by atoms with Crippen LogP contribution >= 0.6 is 12.6 Å². The van der Waals surface area contributed by atoms with Crippen molar-refractivity contribution in [3.63, 3.8) is 0 Å². The Hall–Kier alpha value is -0.270. The van der Waals surface area contributed by atoms with E-state index in [2.05, 4.69) is 24.3 Å². The Morgan fingerprint density at radius 2 is 1.89 bits per heavy atom. The fourth-order valence-electron chi connectivity index (χ4n) is 1.53. The number of rotatable bonds is 11. The Morgan fingerprint density at radius 3 is 2.39 bits per heavy atom. The molecule has 0 aliphatic carbocycles. The summed E-state index contributed by atoms with van der Waals surface area (Å²) in [6.45, 7) is 2.09. The molecule has 0 bridgehead atoms. The molecule has 0 amide bonds. The van der Waals surface area contributed by atoms with E-state index in [4.69, 9.17) is 5.11 Å². The van der Waals surface area contributed by atoms with Crippen molar-refractivity contribution in [1.29, 1.82) is 0 Å². The molecule has 0 unspecified atom stereocenters. The molecule has 0 heterocycles. The first-order chi connectivity index (χ1) is 8.43. The minimum atomic E-state index is -3.50. The quantitative estimate of drug-likeness (QED) is 0.400. The molecule has 0 saturated heterocycles. The zero-order valence-corrected chi connectivity index (χ0v) is 12.5. The highest BCUT2D eigenvalue weighted by Gasteiger charge is 2.22. The van der Waals surface area contributed by atoms with Gasteiger partial charge in [-0.3, -0.25) is 4.79 Å². The van der Waals surface area contributed by atoms with E-state index in [1.54, 1.807) is 0 Å². The van der Waals surface area contributed by atoms with Crippen LogP contribution in [0.25, 0.3) is 0 Å². The SMILES string of the molecule is CCCCCCCS(=O)(=O)N[C@@H](CCS)C(=O)O. The molecule has 0 aromatic heterocycles. The molecule has 0 aliphatic heterocycles. The third-order valence-corrected chi connectivity index (χ3v) is 4.28. The van der Waals surface area contributed by atoms with Gasteiger partial charge in [0, 0.05) is 0 Å². The molecule has 7 heteroatoms. The second-order valence-electron chi connectivity index (χ2n) is 4.25. The number of nitrogens with one attached hydrogen (secondary N) is 1. The summed E-state index contributed by atoms with van der Waals surface area (Å²) in [6.07, 6.45) is 4.85. The molecule has 108 valence electrons. The molecule has 0 aliphatic rings. The van der Waals surface area contributed by atoms with Crippen LogP contribution in [0.2, 0.25) is 0 Å². The Balaban J connectivity index is 4.08. The number of thiol groups is 1. The summed E-state index contributed by atoms with van der Waals surface area (Å²) in [5.41, 5.74) is 0. The van der Waals surface area contributed by atoms with Gasteiger partial charge in [0.15, 0.2) is 0 Å². The molecular formula is C11H23NO4S2. The van der Waals surface area contributed by atoms with E-state index in [1.165, 1.54) is 0 Å². The Morgan fingerprint density at radius 1 is 1.28 bits per heavy atom. The third kappa shape index (κ3) is 8.77. The normalized spacial score (nSPS) is 13.4. The molecule has 0 saturated carbocycles. The molecular weight excluding hydrogens is 274 g/mol. The first-order valence-electron chi connectivity index (χ1n) is 6.26. The van der Waals surface area contributed by atoms with E-state index < -0.39 is 22.0 Å². The van der Waals surface area contributed by atoms with Gasteiger partial charge in [0.05, 0.1) is 5.75 Å². The topological polar surface area (TPSA) is 83.5 Å². The standard InChI is InChI=1S/C11H23NO4S2/c1-2-3-4-5-6-9-18(15,16)12-10(7-8-17)11(13)14/h10,12,17H,2-9H2,1H3,(H,13,14)/t10-/m0/s1. The summed E-state index contributed by atoms with van der Waals surface area (Å²) in [4.78, 5) is 10.8. The molecule has 18 heavy (non-hydrogen) atoms. The minimum absolute atomic E-state index is 0.00688. The van der Waals surface area contributed by atoms with Crippen molar-refractivity contribution in [2.75, 3.05) is 11.5 Å². The predicted molar refractivity (Wildman–Crippen MR) is 75.6 cm³/mol. The Labute approximate surface area is 115 Å². The number of unbranched alkanes of at least 4 members (excludes halogenated alkanes) is 4. The first-order valence-corrected chi connectivity index (χ1v) is 8.55. The van der Waals surface area contributed by atoms with Gasteiger partial charge in [0.25, 0.3) is 0 Å². The molecule has 0 aromatic rings. The summed E-state index contributed by atoms with van der Waals surface area (Å²) in [6, 6.07) is -1.07. The Kier molecular flexibility index (Phi) is 9.49. The number of carboxylic acid groups (broad SMARTS) is 1. The van der Waals surface area contributed by atoms with Crippen LogP contribution in [0.15, 0.2) is 0 Å². The van der Waals surface area contributed by atoms with Gasteiger partial charge in [-0.25, -0.2) is 13.1 Å². The van der Waals surface area contributed by atoms with Crippen molar-refractivity contribution >= 4 is 28.6 Å². The average molecular weight is 297 g/mol. The molecule has 1 atom stereocenters. The van der Waals surface area contributed by atoms with E-state index in [0.717, 1.165) is 25.7 Å². The number of aliphatic carboxylic acids is 1. The molecule has 0 spiro atoms. The van der Waals surface area contributed by atoms with Gasteiger partial charge < -0.3 is 5.11 Å². The number of carbonyl (C=O) groups is 1. The van der Waals surface area contributed by atoms with Crippen LogP contribution in [0.3, 0.4) is 0 Å². The summed E-state index contributed by atoms with van der Waals surface area (Å²) < 4.78 is 25.5. The maximum Gasteiger partial charge on any atom is 0.321 e. The summed E-state index contributed by atoms with van der Waals surface area (Å²) in [5.74, 6) is -0.832. The highest BCUT2D eigenvalue weighted by molar-refractivity contribution is 7.89. The smallest absolute Gasteiger partial charge is 0.321 e. The second-order valence-corrected chi connectivity index (χ2v) is 6.57. The lowest BCUT2D eigenvalue weighted by Gasteiger charge is -2.13. The number of hydrogen-bond donors (Lipinski definition) is 3. The number of sulfonamides is 1. The van der Waals surface area contributed by atoms with E-state index in [-0.39, 0.29) is 12.2 Å². The minimum Gasteiger partial charge on any atom is -0.480 e. The molecule has 0 aromatic carbocycles. The van der Waals surface area contributed by atoms with Crippen molar-refractivity contribution in [2.24, 2.45) is 0 Å². The van der Waals surface area contributed by atoms with E-state index in [0.29, 0.717) is 12.2 Å². The van der Waals surface area contributed by atoms with Crippen LogP contribution in [0.1, 0.15) is 45.4 Å². The van der Waals surface area contributed by atoms with E-state index >= 15 is 0 Å². The maximum absolute atomic E-state index is 11.7. The van der Waals surface area contributed by atoms with E-state index in [9.17, 15) is 13.2 Å². The predicted octanol–water partition coefficient (Wildman–Crippen LogP) is 1.65. The van der Waals surface area contributed by atoms with Crippen LogP contribution in [-0.4, -0.2) is 37.0 Å². The first kappa shape index (κ1) is 17.7. The van der Waals surface area contributed by atoms with Crippen molar-refractivity contribution in [3.8, 4) is 0 Å². The summed E-state index contributed by atoms with van der Waals surface area (Å²) >= 11 is 3.92. The number of hydrogen-bond acceptors (Lipinski definition) is 4. The molecule has 0 fully saturated rings. The van der Waals surface area contributed by atoms with Gasteiger partial charge in [-0.05, 0) is 18.6 Å². The van der Waals surface area contributed by atoms with E-state index in [1.807, 2.05) is 0 Å². The Bertz CT molecular complexity index is 330. The average Bonchev–Trinajstić information content (AvgIpc) is 2.27. The summed E-state index contributed by atoms with van der Waals surface area (Å²) in [5, 5.41) is 8.85. The van der Waals surface area contributed by atoms with Gasteiger partial charge in [0.1, 0.15) is 6.04 Å². The lowest BCUT2D eigenvalue weighted by atomic mass is 10.2. The van der Waals surface area contributed by atoms with Gasteiger partial charge in [-0.15, -0.1) is 0 Å². The van der Waals surface area contributed by atoms with Crippen molar-refractivity contribution in [2.45, 2.75) is 51.5 Å². The molecule has 0 radical (unpaired) electrons. The fraction of sp³-hybridized carbons (Fsp3) is 0.909. The second kappa shape index (κ2) is 9.63. The summed E-state index contributed by atoms with van der Waals surface area (Å²) in [7, 11) is -3.50. The number of carboxylic acids is 1. The largest absolute Gasteiger partial charge is 0.480 e. The van der Waals surface area contributed by atoms with Crippen molar-refractivity contribution in [1.82, 2.24) is 4.72 Å². The zero-order chi connectivity index (χ0) is 14.0. The lowest BCUT2D eigenvalue weighted by molar-refractivity contribution is -0.139. The van der Waals surface area contributed by atoms with Crippen LogP contribution in [-0.2, 0) is 14.8 Å². The van der Waals surface area contributed by atoms with Gasteiger partial charge in [-0.1, -0.05) is 32.6 Å². The van der Waals surface area contributed by atoms with Crippen LogP contribution in [0.4, 0.5) is 0 Å². The van der Waals surface area contributed by atoms with Crippen LogP contribution < -0.4 is 4.72 Å². The lowest BCUT2D eigenvalue weighted by Crippen LogP contribution is -2.42. The van der Waals surface area contributed by atoms with Gasteiger partial charge in [0.2, 0.25) is 10.0 Å². The van der Waals surface area contributed by atoms with Crippen molar-refractivity contribution < 1.29 is 18.3 Å². The monoisotopic (exact) mass is 297 g/mol. The van der Waals surface area contributed by atoms with Gasteiger partial charge in [-0.2, -0.15) is 12.6 Å². The van der Waals surface area contributed by atoms with Crippen LogP contribution in [0.5, 0.6) is 0 Å². The third-order valence-electron chi connectivity index (χ3n) is 2.55. The fourth-order valence-corrected chi connectivity index (χ4v) is 3.15. The highest BCUT2D eigenvalue weighted by Crippen LogP contribution is 2.05. The van der Waals surface area contributed by atoms with Crippen molar-refractivity contribution in [3.05, 3.63) is 0 Å². The molecule has 5 nitrogen and oxygen atoms in total. The van der Waals surface area contributed by atoms with Crippen LogP contribution in [0, 0.1) is 0 Å². The van der Waals surface area contributed by atoms with Gasteiger partial charge >= 0.3 is 5.97 Å². The molecule has 2 N–H and O–H groups in total. The zero-order valence-electron chi connectivity index (χ0n) is 10.8. The molecule has 0 rings (SSSR count). The highest BCUT2D eigenvalue weighted by atomic mass is 32.2.